The van der Waals surface area contributed by atoms with Crippen molar-refractivity contribution in [2.45, 2.75) is 31.7 Å². The third kappa shape index (κ3) is 2.15. The van der Waals surface area contributed by atoms with Crippen molar-refractivity contribution >= 4 is 11.9 Å². The Kier molecular flexibility index (Phi) is 3.74. The summed E-state index contributed by atoms with van der Waals surface area (Å²) in [4.78, 5) is 25.0. The molecule has 108 valence electrons. The van der Waals surface area contributed by atoms with Crippen LogP contribution in [-0.4, -0.2) is 34.0 Å². The molecule has 1 atom stereocenters. The van der Waals surface area contributed by atoms with Crippen molar-refractivity contribution in [2.24, 2.45) is 0 Å². The highest BCUT2D eigenvalue weighted by molar-refractivity contribution is 5.98. The molecule has 1 aromatic rings. The zero-order chi connectivity index (χ0) is 14.9. The minimum atomic E-state index is -1.32. The largest absolute Gasteiger partial charge is 0.479 e. The predicted molar refractivity (Wildman–Crippen MR) is 67.3 cm³/mol. The molecule has 0 aliphatic carbocycles. The lowest BCUT2D eigenvalue weighted by Gasteiger charge is -2.34. The summed E-state index contributed by atoms with van der Waals surface area (Å²) < 4.78 is 26.8. The van der Waals surface area contributed by atoms with Gasteiger partial charge in [-0.15, -0.1) is 0 Å². The number of nitrogens with zero attached hydrogens (tertiary/aromatic N) is 1. The number of aliphatic carboxylic acids is 1. The van der Waals surface area contributed by atoms with E-state index in [2.05, 4.69) is 0 Å². The van der Waals surface area contributed by atoms with Crippen LogP contribution in [0.2, 0.25) is 0 Å². The van der Waals surface area contributed by atoms with E-state index in [1.165, 1.54) is 0 Å². The lowest BCUT2D eigenvalue weighted by Crippen LogP contribution is -2.52. The van der Waals surface area contributed by atoms with E-state index in [0.29, 0.717) is 12.8 Å². The van der Waals surface area contributed by atoms with Crippen LogP contribution in [0.15, 0.2) is 18.2 Å². The molecule has 2 rings (SSSR count). The number of likely N-dealkylation sites (tertiary alicyclic amines) is 1. The zero-order valence-electron chi connectivity index (χ0n) is 11.0. The molecule has 1 saturated heterocycles. The Balaban J connectivity index is 2.42. The van der Waals surface area contributed by atoms with E-state index in [1.54, 1.807) is 6.92 Å². The van der Waals surface area contributed by atoms with Gasteiger partial charge in [0.1, 0.15) is 17.2 Å². The molecule has 20 heavy (non-hydrogen) atoms. The van der Waals surface area contributed by atoms with Gasteiger partial charge < -0.3 is 10.0 Å². The van der Waals surface area contributed by atoms with Crippen LogP contribution in [-0.2, 0) is 4.79 Å². The third-order valence-corrected chi connectivity index (χ3v) is 3.88. The maximum Gasteiger partial charge on any atom is 0.329 e. The van der Waals surface area contributed by atoms with Crippen LogP contribution in [0.3, 0.4) is 0 Å². The molecule has 1 fully saturated rings. The van der Waals surface area contributed by atoms with Gasteiger partial charge in [-0.3, -0.25) is 4.79 Å². The fourth-order valence-corrected chi connectivity index (χ4v) is 2.72. The molecule has 1 unspecified atom stereocenters. The summed E-state index contributed by atoms with van der Waals surface area (Å²) in [7, 11) is 0. The van der Waals surface area contributed by atoms with Crippen molar-refractivity contribution in [3.05, 3.63) is 35.4 Å². The highest BCUT2D eigenvalue weighted by atomic mass is 19.1. The van der Waals surface area contributed by atoms with Crippen molar-refractivity contribution in [1.29, 1.82) is 0 Å². The second-order valence-corrected chi connectivity index (χ2v) is 4.87. The smallest absolute Gasteiger partial charge is 0.329 e. The number of carbonyl (C=O) groups is 2. The molecule has 1 amide bonds. The Labute approximate surface area is 115 Å². The number of carbonyl (C=O) groups excluding carboxylic acids is 1. The Morgan fingerprint density at radius 1 is 1.40 bits per heavy atom. The van der Waals surface area contributed by atoms with Crippen molar-refractivity contribution < 1.29 is 23.5 Å². The third-order valence-electron chi connectivity index (χ3n) is 3.88. The van der Waals surface area contributed by atoms with E-state index in [-0.39, 0.29) is 13.0 Å². The first kappa shape index (κ1) is 14.4. The van der Waals surface area contributed by atoms with Gasteiger partial charge in [-0.25, -0.2) is 13.6 Å². The number of rotatable bonds is 3. The molecule has 1 heterocycles. The molecule has 1 aliphatic heterocycles. The Morgan fingerprint density at radius 3 is 2.70 bits per heavy atom. The van der Waals surface area contributed by atoms with E-state index in [4.69, 9.17) is 0 Å². The number of halogens is 2. The number of benzene rings is 1. The van der Waals surface area contributed by atoms with Crippen LogP contribution in [0.4, 0.5) is 8.78 Å². The molecule has 0 bridgehead atoms. The van der Waals surface area contributed by atoms with E-state index in [0.717, 1.165) is 23.1 Å². The number of amides is 1. The van der Waals surface area contributed by atoms with Crippen LogP contribution < -0.4 is 0 Å². The molecule has 1 aliphatic rings. The van der Waals surface area contributed by atoms with Gasteiger partial charge in [-0.2, -0.15) is 0 Å². The second kappa shape index (κ2) is 5.19. The Morgan fingerprint density at radius 2 is 2.10 bits per heavy atom. The average molecular weight is 283 g/mol. The molecule has 4 nitrogen and oxygen atoms in total. The lowest BCUT2D eigenvalue weighted by molar-refractivity contribution is -0.148. The van der Waals surface area contributed by atoms with Gasteiger partial charge in [0.15, 0.2) is 0 Å². The lowest BCUT2D eigenvalue weighted by atomic mass is 9.92. The van der Waals surface area contributed by atoms with Crippen LogP contribution in [0.1, 0.15) is 36.5 Å². The van der Waals surface area contributed by atoms with Gasteiger partial charge in [0.2, 0.25) is 0 Å². The van der Waals surface area contributed by atoms with Gasteiger partial charge in [-0.1, -0.05) is 6.92 Å². The molecule has 0 radical (unpaired) electrons. The summed E-state index contributed by atoms with van der Waals surface area (Å²) in [5.74, 6) is -3.46. The standard InChI is InChI=1S/C14H15F2NO3/c1-2-14(13(19)20)6-3-7-17(14)12(18)10-8-9(15)4-5-11(10)16/h4-5,8H,2-3,6-7H2,1H3,(H,19,20). The number of carboxylic acid groups (broad SMARTS) is 1. The van der Waals surface area contributed by atoms with Crippen LogP contribution in [0, 0.1) is 11.6 Å². The van der Waals surface area contributed by atoms with Crippen molar-refractivity contribution in [2.75, 3.05) is 6.54 Å². The molecular weight excluding hydrogens is 268 g/mol. The molecule has 0 spiro atoms. The average Bonchev–Trinajstić information content (AvgIpc) is 2.85. The Bertz CT molecular complexity index is 561. The van der Waals surface area contributed by atoms with Crippen LogP contribution in [0.5, 0.6) is 0 Å². The Hall–Kier alpha value is -1.98. The SMILES string of the molecule is CCC1(C(=O)O)CCCN1C(=O)c1cc(F)ccc1F. The zero-order valence-corrected chi connectivity index (χ0v) is 11.0. The number of hydrogen-bond acceptors (Lipinski definition) is 2. The molecule has 1 N–H and O–H groups in total. The van der Waals surface area contributed by atoms with Crippen molar-refractivity contribution in [1.82, 2.24) is 4.90 Å². The van der Waals surface area contributed by atoms with Gasteiger partial charge in [-0.05, 0) is 37.5 Å². The molecule has 0 aromatic heterocycles. The molecular formula is C14H15F2NO3. The van der Waals surface area contributed by atoms with E-state index >= 15 is 0 Å². The van der Waals surface area contributed by atoms with Gasteiger partial charge in [0.05, 0.1) is 5.56 Å². The maximum absolute atomic E-state index is 13.7. The fourth-order valence-electron chi connectivity index (χ4n) is 2.72. The summed E-state index contributed by atoms with van der Waals surface area (Å²) in [5, 5.41) is 9.39. The first-order valence-electron chi connectivity index (χ1n) is 6.43. The summed E-state index contributed by atoms with van der Waals surface area (Å²) in [6, 6.07) is 2.59. The van der Waals surface area contributed by atoms with Crippen LogP contribution in [0.25, 0.3) is 0 Å². The quantitative estimate of drug-likeness (QED) is 0.927. The van der Waals surface area contributed by atoms with Gasteiger partial charge >= 0.3 is 5.97 Å². The van der Waals surface area contributed by atoms with E-state index in [1.807, 2.05) is 0 Å². The van der Waals surface area contributed by atoms with Crippen molar-refractivity contribution in [3.63, 3.8) is 0 Å². The summed E-state index contributed by atoms with van der Waals surface area (Å²) >= 11 is 0. The van der Waals surface area contributed by atoms with E-state index < -0.39 is 34.6 Å². The fraction of sp³-hybridized carbons (Fsp3) is 0.429. The molecule has 0 saturated carbocycles. The summed E-state index contributed by atoms with van der Waals surface area (Å²) in [6.45, 7) is 1.90. The normalized spacial score (nSPS) is 22.1. The minimum absolute atomic E-state index is 0.227. The molecule has 1 aromatic carbocycles. The number of carboxylic acids is 1. The minimum Gasteiger partial charge on any atom is -0.479 e. The second-order valence-electron chi connectivity index (χ2n) is 4.87. The topological polar surface area (TPSA) is 57.6 Å². The molecule has 6 heteroatoms. The van der Waals surface area contributed by atoms with Gasteiger partial charge in [0, 0.05) is 6.54 Å². The summed E-state index contributed by atoms with van der Waals surface area (Å²) in [5.41, 5.74) is -1.75. The van der Waals surface area contributed by atoms with E-state index in [9.17, 15) is 23.5 Å². The van der Waals surface area contributed by atoms with Crippen LogP contribution >= 0.6 is 0 Å². The predicted octanol–water partition coefficient (Wildman–Crippen LogP) is 2.43. The first-order valence-corrected chi connectivity index (χ1v) is 6.43. The maximum atomic E-state index is 13.7. The highest BCUT2D eigenvalue weighted by Crippen LogP contribution is 2.34. The number of hydrogen-bond donors (Lipinski definition) is 1. The highest BCUT2D eigenvalue weighted by Gasteiger charge is 2.49. The monoisotopic (exact) mass is 283 g/mol. The van der Waals surface area contributed by atoms with Gasteiger partial charge in [0.25, 0.3) is 5.91 Å². The summed E-state index contributed by atoms with van der Waals surface area (Å²) in [6.07, 6.45) is 1.08. The van der Waals surface area contributed by atoms with Crippen molar-refractivity contribution in [3.8, 4) is 0 Å². The first-order chi connectivity index (χ1) is 9.42.